The van der Waals surface area contributed by atoms with Crippen LogP contribution >= 0.6 is 23.5 Å². The monoisotopic (exact) mass is 410 g/mol. The summed E-state index contributed by atoms with van der Waals surface area (Å²) in [5, 5.41) is 4.05. The molecule has 1 aromatic heterocycles. The van der Waals surface area contributed by atoms with Gasteiger partial charge < -0.3 is 9.73 Å². The van der Waals surface area contributed by atoms with Gasteiger partial charge in [-0.3, -0.25) is 9.79 Å². The third kappa shape index (κ3) is 4.28. The maximum atomic E-state index is 12.9. The molecule has 1 amide bonds. The van der Waals surface area contributed by atoms with E-state index in [2.05, 4.69) is 29.4 Å². The topological polar surface area (TPSA) is 54.6 Å². The molecule has 28 heavy (non-hydrogen) atoms. The highest BCUT2D eigenvalue weighted by Gasteiger charge is 2.22. The van der Waals surface area contributed by atoms with E-state index in [-0.39, 0.29) is 11.8 Å². The molecule has 1 N–H and O–H groups in total. The predicted octanol–water partition coefficient (Wildman–Crippen LogP) is 5.30. The number of aliphatic imine (C=N–C) groups is 1. The number of carbonyl (C=O) groups is 1. The minimum Gasteiger partial charge on any atom is -0.451 e. The van der Waals surface area contributed by atoms with Gasteiger partial charge in [-0.1, -0.05) is 79.0 Å². The van der Waals surface area contributed by atoms with Crippen molar-refractivity contribution in [3.8, 4) is 0 Å². The zero-order valence-corrected chi connectivity index (χ0v) is 17.3. The lowest BCUT2D eigenvalue weighted by Gasteiger charge is -2.12. The van der Waals surface area contributed by atoms with Crippen molar-refractivity contribution < 1.29 is 9.21 Å². The molecule has 4 rings (SSSR count). The van der Waals surface area contributed by atoms with E-state index < -0.39 is 0 Å². The molecule has 2 heterocycles. The molecule has 1 aliphatic rings. The second-order valence-electron chi connectivity index (χ2n) is 6.71. The number of carbonyl (C=O) groups excluding carboxylic acids is 1. The Bertz CT molecular complexity index is 998. The third-order valence-electron chi connectivity index (χ3n) is 4.74. The molecule has 0 saturated heterocycles. The number of hydrogen-bond donors (Lipinski definition) is 1. The van der Waals surface area contributed by atoms with E-state index in [1.54, 1.807) is 23.5 Å². The van der Waals surface area contributed by atoms with Gasteiger partial charge >= 0.3 is 0 Å². The number of para-hydroxylation sites is 1. The van der Waals surface area contributed by atoms with Crippen LogP contribution in [0, 0.1) is 0 Å². The van der Waals surface area contributed by atoms with Gasteiger partial charge in [0.25, 0.3) is 5.91 Å². The zero-order valence-electron chi connectivity index (χ0n) is 15.7. The summed E-state index contributed by atoms with van der Waals surface area (Å²) < 4.78 is 7.03. The van der Waals surface area contributed by atoms with Gasteiger partial charge in [0.05, 0.1) is 6.54 Å². The number of hydrogen-bond acceptors (Lipinski definition) is 5. The van der Waals surface area contributed by atoms with Gasteiger partial charge in [0.1, 0.15) is 9.96 Å². The number of furan rings is 1. The van der Waals surface area contributed by atoms with Crippen molar-refractivity contribution in [2.75, 3.05) is 18.8 Å². The largest absolute Gasteiger partial charge is 0.451 e. The Morgan fingerprint density at radius 2 is 2.00 bits per heavy atom. The van der Waals surface area contributed by atoms with Crippen LogP contribution in [-0.2, 0) is 5.75 Å². The lowest BCUT2D eigenvalue weighted by Crippen LogP contribution is -2.27. The van der Waals surface area contributed by atoms with Gasteiger partial charge in [-0.15, -0.1) is 0 Å². The fraction of sp³-hybridized carbons (Fsp3) is 0.273. The normalized spacial score (nSPS) is 14.8. The van der Waals surface area contributed by atoms with Crippen molar-refractivity contribution in [1.82, 2.24) is 5.32 Å². The van der Waals surface area contributed by atoms with Crippen LogP contribution in [0.2, 0.25) is 0 Å². The maximum Gasteiger partial charge on any atom is 0.287 e. The van der Waals surface area contributed by atoms with E-state index in [0.29, 0.717) is 18.1 Å². The highest BCUT2D eigenvalue weighted by molar-refractivity contribution is 8.38. The first-order valence-electron chi connectivity index (χ1n) is 9.36. The van der Waals surface area contributed by atoms with E-state index in [9.17, 15) is 4.79 Å². The van der Waals surface area contributed by atoms with Gasteiger partial charge in [-0.25, -0.2) is 0 Å². The minimum absolute atomic E-state index is 0.157. The fourth-order valence-electron chi connectivity index (χ4n) is 3.19. The van der Waals surface area contributed by atoms with E-state index in [1.807, 2.05) is 42.5 Å². The highest BCUT2D eigenvalue weighted by atomic mass is 32.2. The maximum absolute atomic E-state index is 12.9. The first-order valence-corrected chi connectivity index (χ1v) is 11.3. The van der Waals surface area contributed by atoms with Gasteiger partial charge in [0.15, 0.2) is 5.76 Å². The molecular weight excluding hydrogens is 388 g/mol. The molecule has 2 aromatic carbocycles. The molecule has 0 aliphatic carbocycles. The van der Waals surface area contributed by atoms with Gasteiger partial charge in [-0.2, -0.15) is 0 Å². The Morgan fingerprint density at radius 1 is 1.21 bits per heavy atom. The minimum atomic E-state index is -0.157. The summed E-state index contributed by atoms with van der Waals surface area (Å²) in [5.74, 6) is 2.21. The summed E-state index contributed by atoms with van der Waals surface area (Å²) in [7, 11) is 0. The van der Waals surface area contributed by atoms with Gasteiger partial charge in [0, 0.05) is 29.0 Å². The first-order chi connectivity index (χ1) is 13.7. The van der Waals surface area contributed by atoms with E-state index in [1.165, 1.54) is 5.56 Å². The summed E-state index contributed by atoms with van der Waals surface area (Å²) in [6.07, 6.45) is 0. The zero-order chi connectivity index (χ0) is 19.3. The highest BCUT2D eigenvalue weighted by Crippen LogP contribution is 2.32. The Morgan fingerprint density at radius 3 is 2.79 bits per heavy atom. The summed E-state index contributed by atoms with van der Waals surface area (Å²) in [4.78, 5) is 17.4. The molecule has 6 heteroatoms. The van der Waals surface area contributed by atoms with Crippen LogP contribution in [0.3, 0.4) is 0 Å². The quantitative estimate of drug-likeness (QED) is 0.599. The molecule has 0 saturated carbocycles. The Kier molecular flexibility index (Phi) is 6.07. The summed E-state index contributed by atoms with van der Waals surface area (Å²) in [6, 6.07) is 18.0. The Balaban J connectivity index is 1.51. The number of amides is 1. The second-order valence-corrected chi connectivity index (χ2v) is 9.02. The van der Waals surface area contributed by atoms with Crippen LogP contribution in [0.1, 0.15) is 34.5 Å². The van der Waals surface area contributed by atoms with Crippen LogP contribution in [-0.4, -0.2) is 29.1 Å². The number of nitrogens with zero attached hydrogens (tertiary/aromatic N) is 1. The number of nitrogens with one attached hydrogen (secondary N) is 1. The first kappa shape index (κ1) is 19.2. The van der Waals surface area contributed by atoms with Crippen LogP contribution in [0.15, 0.2) is 64.0 Å². The predicted molar refractivity (Wildman–Crippen MR) is 119 cm³/mol. The summed E-state index contributed by atoms with van der Waals surface area (Å²) in [6.45, 7) is 3.55. The van der Waals surface area contributed by atoms with Crippen molar-refractivity contribution in [3.05, 3.63) is 71.5 Å². The average molecular weight is 411 g/mol. The van der Waals surface area contributed by atoms with Gasteiger partial charge in [0.2, 0.25) is 0 Å². The third-order valence-corrected chi connectivity index (χ3v) is 7.02. The van der Waals surface area contributed by atoms with Crippen molar-refractivity contribution in [2.45, 2.75) is 18.6 Å². The average Bonchev–Trinajstić information content (AvgIpc) is 3.38. The standard InChI is InChI=1S/C22H22N2O2S2/c1-15(16-7-3-2-4-8-16)13-24-21(25)20-18(14-28-22-23-11-12-27-22)17-9-5-6-10-19(17)26-20/h2-10,15H,11-14H2,1H3,(H,24,25)/t15-/m0/s1. The Hall–Kier alpha value is -2.18. The van der Waals surface area contributed by atoms with E-state index in [4.69, 9.17) is 4.42 Å². The van der Waals surface area contributed by atoms with Crippen LogP contribution in [0.25, 0.3) is 11.0 Å². The number of benzene rings is 2. The summed E-state index contributed by atoms with van der Waals surface area (Å²) >= 11 is 3.46. The van der Waals surface area contributed by atoms with Crippen molar-refractivity contribution in [3.63, 3.8) is 0 Å². The molecule has 1 aliphatic heterocycles. The van der Waals surface area contributed by atoms with Crippen molar-refractivity contribution in [1.29, 1.82) is 0 Å². The van der Waals surface area contributed by atoms with E-state index in [0.717, 1.165) is 33.2 Å². The molecule has 3 aromatic rings. The van der Waals surface area contributed by atoms with Crippen LogP contribution < -0.4 is 5.32 Å². The molecule has 0 fully saturated rings. The molecule has 144 valence electrons. The number of thioether (sulfide) groups is 2. The SMILES string of the molecule is C[C@@H](CNC(=O)c1oc2ccccc2c1CSC1=NCCS1)c1ccccc1. The number of rotatable bonds is 6. The molecule has 1 atom stereocenters. The van der Waals surface area contributed by atoms with Gasteiger partial charge in [-0.05, 0) is 17.5 Å². The smallest absolute Gasteiger partial charge is 0.287 e. The Labute approximate surface area is 173 Å². The molecule has 0 unspecified atom stereocenters. The summed E-state index contributed by atoms with van der Waals surface area (Å²) in [5.41, 5.74) is 2.90. The van der Waals surface area contributed by atoms with Crippen LogP contribution in [0.4, 0.5) is 0 Å². The fourth-order valence-corrected chi connectivity index (χ4v) is 5.22. The lowest BCUT2D eigenvalue weighted by atomic mass is 10.0. The van der Waals surface area contributed by atoms with E-state index >= 15 is 0 Å². The molecule has 0 radical (unpaired) electrons. The molecule has 4 nitrogen and oxygen atoms in total. The lowest BCUT2D eigenvalue weighted by molar-refractivity contribution is 0.0925. The second kappa shape index (κ2) is 8.88. The van der Waals surface area contributed by atoms with Crippen molar-refractivity contribution >= 4 is 44.8 Å². The molecule has 0 spiro atoms. The number of fused-ring (bicyclic) bond motifs is 1. The molecular formula is C22H22N2O2S2. The van der Waals surface area contributed by atoms with Crippen LogP contribution in [0.5, 0.6) is 0 Å². The van der Waals surface area contributed by atoms with Crippen molar-refractivity contribution in [2.24, 2.45) is 4.99 Å². The molecule has 0 bridgehead atoms.